The molecule has 116 valence electrons. The maximum atomic E-state index is 9.02. The Balaban J connectivity index is 2.23. The minimum Gasteiger partial charge on any atom is -0.383 e. The molecule has 4 nitrogen and oxygen atoms in total. The zero-order chi connectivity index (χ0) is 14.8. The van der Waals surface area contributed by atoms with Crippen molar-refractivity contribution in [3.8, 4) is 6.07 Å². The zero-order valence-electron chi connectivity index (χ0n) is 13.5. The molecule has 1 aliphatic heterocycles. The van der Waals surface area contributed by atoms with Crippen molar-refractivity contribution in [1.29, 1.82) is 5.26 Å². The summed E-state index contributed by atoms with van der Waals surface area (Å²) in [5, 5.41) is 12.6. The van der Waals surface area contributed by atoms with E-state index in [2.05, 4.69) is 16.3 Å². The summed E-state index contributed by atoms with van der Waals surface area (Å²) in [6, 6.07) is 3.03. The Morgan fingerprint density at radius 1 is 1.35 bits per heavy atom. The summed E-state index contributed by atoms with van der Waals surface area (Å²) in [6.07, 6.45) is 5.89. The van der Waals surface area contributed by atoms with Crippen molar-refractivity contribution in [3.63, 3.8) is 0 Å². The monoisotopic (exact) mass is 281 g/mol. The van der Waals surface area contributed by atoms with Crippen LogP contribution in [0.1, 0.15) is 46.0 Å². The van der Waals surface area contributed by atoms with Gasteiger partial charge in [-0.15, -0.1) is 0 Å². The van der Waals surface area contributed by atoms with E-state index in [0.29, 0.717) is 6.04 Å². The molecule has 1 heterocycles. The minimum atomic E-state index is -0.176. The molecule has 0 saturated carbocycles. The van der Waals surface area contributed by atoms with Gasteiger partial charge in [-0.05, 0) is 52.6 Å². The lowest BCUT2D eigenvalue weighted by Gasteiger charge is -2.25. The van der Waals surface area contributed by atoms with Crippen LogP contribution in [-0.4, -0.2) is 50.8 Å². The number of rotatable bonds is 10. The number of nitrogens with zero attached hydrogens (tertiary/aromatic N) is 2. The molecule has 4 heteroatoms. The number of unbranched alkanes of at least 4 members (excludes halogenated alkanes) is 1. The van der Waals surface area contributed by atoms with Gasteiger partial charge in [-0.2, -0.15) is 5.26 Å². The molecule has 1 aliphatic rings. The maximum Gasteiger partial charge on any atom is 0.0683 e. The van der Waals surface area contributed by atoms with Gasteiger partial charge in [0, 0.05) is 26.2 Å². The molecular formula is C16H31N3O. The SMILES string of the molecule is COCCN(CCCCC(C)(C)C#N)CC1CCCN1. The van der Waals surface area contributed by atoms with Crippen molar-refractivity contribution in [2.45, 2.75) is 52.0 Å². The Hall–Kier alpha value is -0.630. The lowest BCUT2D eigenvalue weighted by molar-refractivity contribution is 0.140. The zero-order valence-corrected chi connectivity index (χ0v) is 13.5. The third-order valence-corrected chi connectivity index (χ3v) is 4.08. The van der Waals surface area contributed by atoms with Gasteiger partial charge in [-0.3, -0.25) is 4.90 Å². The molecule has 0 spiro atoms. The van der Waals surface area contributed by atoms with Crippen LogP contribution in [-0.2, 0) is 4.74 Å². The number of hydrogen-bond donors (Lipinski definition) is 1. The van der Waals surface area contributed by atoms with Crippen molar-refractivity contribution in [1.82, 2.24) is 10.2 Å². The number of hydrogen-bond acceptors (Lipinski definition) is 4. The quantitative estimate of drug-likeness (QED) is 0.625. The predicted octanol–water partition coefficient (Wildman–Crippen LogP) is 2.41. The maximum absolute atomic E-state index is 9.02. The molecule has 1 N–H and O–H groups in total. The van der Waals surface area contributed by atoms with Gasteiger partial charge in [-0.25, -0.2) is 0 Å². The summed E-state index contributed by atoms with van der Waals surface area (Å²) in [7, 11) is 1.77. The summed E-state index contributed by atoms with van der Waals surface area (Å²) in [6.45, 7) is 9.27. The summed E-state index contributed by atoms with van der Waals surface area (Å²) in [4.78, 5) is 2.51. The summed E-state index contributed by atoms with van der Waals surface area (Å²) < 4.78 is 5.21. The Kier molecular flexibility index (Phi) is 8.13. The Bertz CT molecular complexity index is 293. The molecule has 0 aromatic carbocycles. The van der Waals surface area contributed by atoms with Crippen LogP contribution < -0.4 is 5.32 Å². The highest BCUT2D eigenvalue weighted by Gasteiger charge is 2.19. The second-order valence-electron chi connectivity index (χ2n) is 6.54. The van der Waals surface area contributed by atoms with E-state index in [1.807, 2.05) is 13.8 Å². The number of nitrogens with one attached hydrogen (secondary N) is 1. The average molecular weight is 281 g/mol. The predicted molar refractivity (Wildman–Crippen MR) is 82.6 cm³/mol. The Morgan fingerprint density at radius 2 is 2.15 bits per heavy atom. The van der Waals surface area contributed by atoms with E-state index in [1.54, 1.807) is 7.11 Å². The van der Waals surface area contributed by atoms with Crippen LogP contribution in [0.4, 0.5) is 0 Å². The van der Waals surface area contributed by atoms with Crippen molar-refractivity contribution < 1.29 is 4.74 Å². The molecule has 0 bridgehead atoms. The molecule has 0 aromatic heterocycles. The fourth-order valence-electron chi connectivity index (χ4n) is 2.70. The second-order valence-corrected chi connectivity index (χ2v) is 6.54. The third-order valence-electron chi connectivity index (χ3n) is 4.08. The smallest absolute Gasteiger partial charge is 0.0683 e. The lowest BCUT2D eigenvalue weighted by Crippen LogP contribution is -2.39. The average Bonchev–Trinajstić information content (AvgIpc) is 2.93. The first-order chi connectivity index (χ1) is 9.57. The molecule has 1 unspecified atom stereocenters. The van der Waals surface area contributed by atoms with E-state index in [9.17, 15) is 0 Å². The molecule has 0 aliphatic carbocycles. The molecule has 0 radical (unpaired) electrons. The van der Waals surface area contributed by atoms with E-state index < -0.39 is 0 Å². The van der Waals surface area contributed by atoms with Crippen molar-refractivity contribution in [3.05, 3.63) is 0 Å². The van der Waals surface area contributed by atoms with Crippen molar-refractivity contribution in [2.24, 2.45) is 5.41 Å². The van der Waals surface area contributed by atoms with Crippen molar-refractivity contribution >= 4 is 0 Å². The van der Waals surface area contributed by atoms with E-state index in [0.717, 1.165) is 39.1 Å². The highest BCUT2D eigenvalue weighted by molar-refractivity contribution is 4.91. The molecule has 1 fully saturated rings. The number of ether oxygens (including phenoxy) is 1. The van der Waals surface area contributed by atoms with Crippen LogP contribution >= 0.6 is 0 Å². The lowest BCUT2D eigenvalue weighted by atomic mass is 9.89. The van der Waals surface area contributed by atoms with Gasteiger partial charge >= 0.3 is 0 Å². The van der Waals surface area contributed by atoms with Gasteiger partial charge in [0.1, 0.15) is 0 Å². The summed E-state index contributed by atoms with van der Waals surface area (Å²) in [5.74, 6) is 0. The van der Waals surface area contributed by atoms with Crippen LogP contribution in [0.3, 0.4) is 0 Å². The van der Waals surface area contributed by atoms with Crippen LogP contribution in [0.25, 0.3) is 0 Å². The van der Waals surface area contributed by atoms with Gasteiger partial charge in [-0.1, -0.05) is 6.42 Å². The van der Waals surface area contributed by atoms with Crippen LogP contribution in [0.15, 0.2) is 0 Å². The third kappa shape index (κ3) is 7.23. The minimum absolute atomic E-state index is 0.176. The fraction of sp³-hybridized carbons (Fsp3) is 0.938. The van der Waals surface area contributed by atoms with Gasteiger partial charge in [0.15, 0.2) is 0 Å². The normalized spacial score (nSPS) is 19.4. The van der Waals surface area contributed by atoms with Gasteiger partial charge in [0.2, 0.25) is 0 Å². The molecule has 0 aromatic rings. The fourth-order valence-corrected chi connectivity index (χ4v) is 2.70. The van der Waals surface area contributed by atoms with Gasteiger partial charge in [0.05, 0.1) is 18.1 Å². The Labute approximate surface area is 124 Å². The Morgan fingerprint density at radius 3 is 2.75 bits per heavy atom. The molecular weight excluding hydrogens is 250 g/mol. The van der Waals surface area contributed by atoms with E-state index in [4.69, 9.17) is 10.00 Å². The summed E-state index contributed by atoms with van der Waals surface area (Å²) >= 11 is 0. The number of nitriles is 1. The standard InChI is InChI=1S/C16H31N3O/c1-16(2,14-17)8-4-5-10-19(11-12-20-3)13-15-7-6-9-18-15/h15,18H,4-13H2,1-3H3. The highest BCUT2D eigenvalue weighted by Crippen LogP contribution is 2.21. The van der Waals surface area contributed by atoms with Crippen LogP contribution in [0, 0.1) is 16.7 Å². The van der Waals surface area contributed by atoms with E-state index in [-0.39, 0.29) is 5.41 Å². The summed E-state index contributed by atoms with van der Waals surface area (Å²) in [5.41, 5.74) is -0.176. The van der Waals surface area contributed by atoms with Gasteiger partial charge in [0.25, 0.3) is 0 Å². The van der Waals surface area contributed by atoms with Gasteiger partial charge < -0.3 is 10.1 Å². The van der Waals surface area contributed by atoms with E-state index >= 15 is 0 Å². The molecule has 0 amide bonds. The molecule has 1 atom stereocenters. The largest absolute Gasteiger partial charge is 0.383 e. The first-order valence-electron chi connectivity index (χ1n) is 7.93. The second kappa shape index (κ2) is 9.33. The molecule has 20 heavy (non-hydrogen) atoms. The van der Waals surface area contributed by atoms with Crippen molar-refractivity contribution in [2.75, 3.05) is 39.9 Å². The highest BCUT2D eigenvalue weighted by atomic mass is 16.5. The van der Waals surface area contributed by atoms with Crippen LogP contribution in [0.5, 0.6) is 0 Å². The topological polar surface area (TPSA) is 48.3 Å². The van der Waals surface area contributed by atoms with Crippen LogP contribution in [0.2, 0.25) is 0 Å². The van der Waals surface area contributed by atoms with E-state index in [1.165, 1.54) is 25.8 Å². The number of methoxy groups -OCH3 is 1. The molecule has 1 rings (SSSR count). The first-order valence-corrected chi connectivity index (χ1v) is 7.93. The first kappa shape index (κ1) is 17.4. The molecule has 1 saturated heterocycles.